The molecule has 1 atom stereocenters. The van der Waals surface area contributed by atoms with Crippen molar-refractivity contribution in [2.45, 2.75) is 31.8 Å². The molecule has 7 nitrogen and oxygen atoms in total. The van der Waals surface area contributed by atoms with Gasteiger partial charge >= 0.3 is 5.97 Å². The molecule has 2 amide bonds. The highest BCUT2D eigenvalue weighted by Crippen LogP contribution is 2.16. The summed E-state index contributed by atoms with van der Waals surface area (Å²) in [5, 5.41) is 13.8. The lowest BCUT2D eigenvalue weighted by Gasteiger charge is -2.10. The van der Waals surface area contributed by atoms with Gasteiger partial charge in [-0.15, -0.1) is 0 Å². The molecule has 1 aromatic carbocycles. The number of ether oxygens (including phenoxy) is 1. The van der Waals surface area contributed by atoms with Crippen molar-refractivity contribution in [3.63, 3.8) is 0 Å². The molecule has 1 aliphatic rings. The minimum absolute atomic E-state index is 0.00529. The average Bonchev–Trinajstić information content (AvgIpc) is 3.00. The fourth-order valence-corrected chi connectivity index (χ4v) is 2.31. The minimum atomic E-state index is -0.963. The smallest absolute Gasteiger partial charge is 0.305 e. The molecule has 0 spiro atoms. The van der Waals surface area contributed by atoms with Gasteiger partial charge in [-0.2, -0.15) is 0 Å². The first kappa shape index (κ1) is 17.0. The van der Waals surface area contributed by atoms with Crippen LogP contribution in [0.5, 0.6) is 0 Å². The van der Waals surface area contributed by atoms with Crippen LogP contribution in [0.2, 0.25) is 0 Å². The molecule has 124 valence electrons. The summed E-state index contributed by atoms with van der Waals surface area (Å²) in [4.78, 5) is 34.0. The molecular weight excluding hydrogens is 300 g/mol. The van der Waals surface area contributed by atoms with E-state index in [0.29, 0.717) is 24.3 Å². The molecule has 3 N–H and O–H groups in total. The van der Waals surface area contributed by atoms with Gasteiger partial charge in [0.2, 0.25) is 5.91 Å². The van der Waals surface area contributed by atoms with Crippen molar-refractivity contribution in [3.05, 3.63) is 29.8 Å². The molecule has 23 heavy (non-hydrogen) atoms. The monoisotopic (exact) mass is 320 g/mol. The first-order valence-electron chi connectivity index (χ1n) is 7.56. The predicted molar refractivity (Wildman–Crippen MR) is 83.2 cm³/mol. The molecule has 1 aromatic rings. The number of anilines is 1. The van der Waals surface area contributed by atoms with Crippen LogP contribution in [0.1, 0.15) is 36.0 Å². The Balaban J connectivity index is 1.80. The Hall–Kier alpha value is -2.41. The van der Waals surface area contributed by atoms with Gasteiger partial charge in [-0.05, 0) is 37.1 Å². The number of hydrogen-bond acceptors (Lipinski definition) is 4. The third kappa shape index (κ3) is 5.71. The van der Waals surface area contributed by atoms with Crippen molar-refractivity contribution in [2.75, 3.05) is 18.5 Å². The largest absolute Gasteiger partial charge is 0.481 e. The topological polar surface area (TPSA) is 105 Å². The van der Waals surface area contributed by atoms with Gasteiger partial charge in [-0.25, -0.2) is 0 Å². The summed E-state index contributed by atoms with van der Waals surface area (Å²) >= 11 is 0. The number of carbonyl (C=O) groups excluding carboxylic acids is 2. The second kappa shape index (κ2) is 8.28. The Morgan fingerprint density at radius 1 is 1.22 bits per heavy atom. The van der Waals surface area contributed by atoms with Gasteiger partial charge in [0.15, 0.2) is 0 Å². The van der Waals surface area contributed by atoms with Crippen molar-refractivity contribution in [2.24, 2.45) is 0 Å². The van der Waals surface area contributed by atoms with Crippen LogP contribution in [-0.4, -0.2) is 42.1 Å². The van der Waals surface area contributed by atoms with Crippen molar-refractivity contribution < 1.29 is 24.2 Å². The lowest BCUT2D eigenvalue weighted by molar-refractivity contribution is -0.136. The van der Waals surface area contributed by atoms with Crippen LogP contribution < -0.4 is 10.6 Å². The summed E-state index contributed by atoms with van der Waals surface area (Å²) in [6, 6.07) is 6.44. The van der Waals surface area contributed by atoms with E-state index in [4.69, 9.17) is 9.84 Å². The Morgan fingerprint density at radius 2 is 1.96 bits per heavy atom. The van der Waals surface area contributed by atoms with E-state index in [0.717, 1.165) is 12.8 Å². The minimum Gasteiger partial charge on any atom is -0.481 e. The molecule has 7 heteroatoms. The number of nitrogens with one attached hydrogen (secondary N) is 2. The van der Waals surface area contributed by atoms with Crippen LogP contribution in [0.25, 0.3) is 0 Å². The standard InChI is InChI=1S/C16H20N2O5/c19-14(10-13-2-1-9-23-13)18-12-5-3-11(4-6-12)16(22)17-8-7-15(20)21/h3-6,13H,1-2,7-10H2,(H,17,22)(H,18,19)(H,20,21). The SMILES string of the molecule is O=C(O)CCNC(=O)c1ccc(NC(=O)CC2CCCO2)cc1. The number of rotatable bonds is 7. The second-order valence-electron chi connectivity index (χ2n) is 5.36. The van der Waals surface area contributed by atoms with Gasteiger partial charge in [0.1, 0.15) is 0 Å². The average molecular weight is 320 g/mol. The molecule has 2 rings (SSSR count). The number of carbonyl (C=O) groups is 3. The highest BCUT2D eigenvalue weighted by Gasteiger charge is 2.19. The van der Waals surface area contributed by atoms with E-state index >= 15 is 0 Å². The molecule has 0 saturated carbocycles. The number of hydrogen-bond donors (Lipinski definition) is 3. The van der Waals surface area contributed by atoms with E-state index in [2.05, 4.69) is 10.6 Å². The maximum absolute atomic E-state index is 11.9. The van der Waals surface area contributed by atoms with E-state index in [9.17, 15) is 14.4 Å². The Morgan fingerprint density at radius 3 is 2.57 bits per heavy atom. The molecule has 0 bridgehead atoms. The quantitative estimate of drug-likeness (QED) is 0.704. The van der Waals surface area contributed by atoms with Crippen molar-refractivity contribution in [3.8, 4) is 0 Å². The van der Waals surface area contributed by atoms with Gasteiger partial charge < -0.3 is 20.5 Å². The van der Waals surface area contributed by atoms with Gasteiger partial charge in [-0.3, -0.25) is 14.4 Å². The van der Waals surface area contributed by atoms with Gasteiger partial charge in [-0.1, -0.05) is 0 Å². The molecule has 0 aliphatic carbocycles. The summed E-state index contributed by atoms with van der Waals surface area (Å²) in [7, 11) is 0. The number of aliphatic carboxylic acids is 1. The lowest BCUT2D eigenvalue weighted by atomic mass is 10.1. The fraction of sp³-hybridized carbons (Fsp3) is 0.438. The number of carboxylic acid groups (broad SMARTS) is 1. The molecule has 1 unspecified atom stereocenters. The number of carboxylic acids is 1. The van der Waals surface area contributed by atoms with Crippen LogP contribution >= 0.6 is 0 Å². The molecule has 0 radical (unpaired) electrons. The van der Waals surface area contributed by atoms with Gasteiger partial charge in [0.05, 0.1) is 18.9 Å². The third-order valence-electron chi connectivity index (χ3n) is 3.49. The summed E-state index contributed by atoms with van der Waals surface area (Å²) < 4.78 is 5.41. The second-order valence-corrected chi connectivity index (χ2v) is 5.36. The van der Waals surface area contributed by atoms with Crippen LogP contribution in [0.15, 0.2) is 24.3 Å². The zero-order valence-electron chi connectivity index (χ0n) is 12.7. The fourth-order valence-electron chi connectivity index (χ4n) is 2.31. The van der Waals surface area contributed by atoms with Gasteiger partial charge in [0, 0.05) is 24.4 Å². The summed E-state index contributed by atoms with van der Waals surface area (Å²) in [6.45, 7) is 0.789. The maximum Gasteiger partial charge on any atom is 0.305 e. The molecule has 1 heterocycles. The molecule has 1 aliphatic heterocycles. The Labute approximate surface area is 134 Å². The van der Waals surface area contributed by atoms with E-state index in [1.165, 1.54) is 0 Å². The number of amides is 2. The summed E-state index contributed by atoms with van der Waals surface area (Å²) in [6.07, 6.45) is 2.10. The van der Waals surface area contributed by atoms with E-state index < -0.39 is 5.97 Å². The zero-order chi connectivity index (χ0) is 16.7. The lowest BCUT2D eigenvalue weighted by Crippen LogP contribution is -2.26. The summed E-state index contributed by atoms with van der Waals surface area (Å²) in [5.41, 5.74) is 1.02. The molecule has 1 fully saturated rings. The Kier molecular flexibility index (Phi) is 6.10. The van der Waals surface area contributed by atoms with Gasteiger partial charge in [0.25, 0.3) is 5.91 Å². The highest BCUT2D eigenvalue weighted by molar-refractivity contribution is 5.96. The summed E-state index contributed by atoms with van der Waals surface area (Å²) in [5.74, 6) is -1.42. The van der Waals surface area contributed by atoms with E-state index in [-0.39, 0.29) is 30.9 Å². The van der Waals surface area contributed by atoms with Crippen molar-refractivity contribution >= 4 is 23.5 Å². The molecular formula is C16H20N2O5. The Bertz CT molecular complexity index is 564. The third-order valence-corrected chi connectivity index (χ3v) is 3.49. The van der Waals surface area contributed by atoms with Crippen molar-refractivity contribution in [1.82, 2.24) is 5.32 Å². The highest BCUT2D eigenvalue weighted by atomic mass is 16.5. The maximum atomic E-state index is 11.9. The van der Waals surface area contributed by atoms with Crippen LogP contribution in [0.4, 0.5) is 5.69 Å². The van der Waals surface area contributed by atoms with Crippen LogP contribution in [-0.2, 0) is 14.3 Å². The van der Waals surface area contributed by atoms with Crippen molar-refractivity contribution in [1.29, 1.82) is 0 Å². The van der Waals surface area contributed by atoms with Crippen LogP contribution in [0, 0.1) is 0 Å². The van der Waals surface area contributed by atoms with E-state index in [1.807, 2.05) is 0 Å². The normalized spacial score (nSPS) is 16.8. The number of benzene rings is 1. The molecule has 0 aromatic heterocycles. The first-order chi connectivity index (χ1) is 11.0. The predicted octanol–water partition coefficient (Wildman–Crippen LogP) is 1.40. The molecule has 1 saturated heterocycles. The van der Waals surface area contributed by atoms with Crippen LogP contribution in [0.3, 0.4) is 0 Å². The first-order valence-corrected chi connectivity index (χ1v) is 7.56. The van der Waals surface area contributed by atoms with E-state index in [1.54, 1.807) is 24.3 Å². The zero-order valence-corrected chi connectivity index (χ0v) is 12.7.